The molecule has 0 fully saturated rings. The first kappa shape index (κ1) is 14.2. The molecule has 1 amide bonds. The first-order chi connectivity index (χ1) is 9.06. The number of thiophene rings is 1. The molecule has 1 N–H and O–H groups in total. The molecule has 0 aliphatic rings. The van der Waals surface area contributed by atoms with Crippen LogP contribution in [0, 0.1) is 5.82 Å². The van der Waals surface area contributed by atoms with Crippen molar-refractivity contribution in [3.05, 3.63) is 56.4 Å². The van der Waals surface area contributed by atoms with Gasteiger partial charge in [0.2, 0.25) is 0 Å². The van der Waals surface area contributed by atoms with E-state index in [4.69, 9.17) is 0 Å². The first-order valence-corrected chi connectivity index (χ1v) is 7.57. The maximum atomic E-state index is 13.6. The summed E-state index contributed by atoms with van der Waals surface area (Å²) in [4.78, 5) is 12.0. The van der Waals surface area contributed by atoms with Crippen LogP contribution < -0.4 is 5.32 Å². The van der Waals surface area contributed by atoms with Gasteiger partial charge in [-0.3, -0.25) is 4.79 Å². The lowest BCUT2D eigenvalue weighted by Crippen LogP contribution is -2.34. The molecule has 0 spiro atoms. The Bertz CT molecular complexity index is 571. The summed E-state index contributed by atoms with van der Waals surface area (Å²) >= 11 is 4.86. The molecular weight excluding hydrogens is 329 g/mol. The van der Waals surface area contributed by atoms with Crippen molar-refractivity contribution in [2.75, 3.05) is 0 Å². The molecule has 1 unspecified atom stereocenters. The number of carbonyl (C=O) groups excluding carboxylic acids is 1. The van der Waals surface area contributed by atoms with Crippen molar-refractivity contribution in [3.8, 4) is 0 Å². The SMILES string of the molecule is CC(Cc1ccsc1)NC(=O)c1cc(Br)ccc1F. The number of hydrogen-bond acceptors (Lipinski definition) is 2. The highest BCUT2D eigenvalue weighted by molar-refractivity contribution is 9.10. The Morgan fingerprint density at radius 1 is 1.47 bits per heavy atom. The zero-order chi connectivity index (χ0) is 13.8. The Morgan fingerprint density at radius 3 is 2.95 bits per heavy atom. The van der Waals surface area contributed by atoms with Gasteiger partial charge in [0.25, 0.3) is 5.91 Å². The molecule has 0 aliphatic carbocycles. The molecule has 1 atom stereocenters. The standard InChI is InChI=1S/C14H13BrFNOS/c1-9(6-10-4-5-19-8-10)17-14(18)12-7-11(15)2-3-13(12)16/h2-5,7-9H,6H2,1H3,(H,17,18). The molecule has 1 aromatic heterocycles. The fraction of sp³-hybridized carbons (Fsp3) is 0.214. The van der Waals surface area contributed by atoms with Gasteiger partial charge < -0.3 is 5.32 Å². The minimum absolute atomic E-state index is 0.0412. The van der Waals surface area contributed by atoms with E-state index in [9.17, 15) is 9.18 Å². The zero-order valence-corrected chi connectivity index (χ0v) is 12.7. The summed E-state index contributed by atoms with van der Waals surface area (Å²) in [5.41, 5.74) is 1.24. The third-order valence-corrected chi connectivity index (χ3v) is 3.90. The van der Waals surface area contributed by atoms with Gasteiger partial charge >= 0.3 is 0 Å². The summed E-state index contributed by atoms with van der Waals surface area (Å²) in [5, 5.41) is 6.85. The fourth-order valence-corrected chi connectivity index (χ4v) is 2.83. The van der Waals surface area contributed by atoms with Crippen molar-refractivity contribution in [2.45, 2.75) is 19.4 Å². The molecule has 0 bridgehead atoms. The van der Waals surface area contributed by atoms with Crippen molar-refractivity contribution in [1.82, 2.24) is 5.32 Å². The molecule has 1 aromatic carbocycles. The summed E-state index contributed by atoms with van der Waals surface area (Å²) in [6.07, 6.45) is 0.741. The number of benzene rings is 1. The van der Waals surface area contributed by atoms with Crippen LogP contribution in [0.2, 0.25) is 0 Å². The monoisotopic (exact) mass is 341 g/mol. The van der Waals surface area contributed by atoms with E-state index in [0.29, 0.717) is 4.47 Å². The Kier molecular flexibility index (Phi) is 4.71. The molecule has 0 aliphatic heterocycles. The van der Waals surface area contributed by atoms with Crippen LogP contribution in [-0.2, 0) is 6.42 Å². The van der Waals surface area contributed by atoms with Crippen LogP contribution in [0.25, 0.3) is 0 Å². The van der Waals surface area contributed by atoms with Crippen LogP contribution in [0.5, 0.6) is 0 Å². The van der Waals surface area contributed by atoms with Crippen molar-refractivity contribution < 1.29 is 9.18 Å². The highest BCUT2D eigenvalue weighted by atomic mass is 79.9. The Hall–Kier alpha value is -1.20. The first-order valence-electron chi connectivity index (χ1n) is 5.83. The van der Waals surface area contributed by atoms with Gasteiger partial charge in [-0.1, -0.05) is 15.9 Å². The number of amides is 1. The maximum Gasteiger partial charge on any atom is 0.254 e. The van der Waals surface area contributed by atoms with Gasteiger partial charge in [0, 0.05) is 10.5 Å². The average molecular weight is 342 g/mol. The van der Waals surface area contributed by atoms with E-state index in [1.807, 2.05) is 23.8 Å². The molecule has 2 rings (SSSR count). The molecule has 0 saturated carbocycles. The smallest absolute Gasteiger partial charge is 0.254 e. The van der Waals surface area contributed by atoms with Crippen LogP contribution in [0.3, 0.4) is 0 Å². The van der Waals surface area contributed by atoms with E-state index in [0.717, 1.165) is 6.42 Å². The fourth-order valence-electron chi connectivity index (χ4n) is 1.79. The topological polar surface area (TPSA) is 29.1 Å². The van der Waals surface area contributed by atoms with Crippen molar-refractivity contribution in [1.29, 1.82) is 0 Å². The van der Waals surface area contributed by atoms with Gasteiger partial charge in [0.1, 0.15) is 5.82 Å². The van der Waals surface area contributed by atoms with E-state index in [1.165, 1.54) is 17.7 Å². The van der Waals surface area contributed by atoms with Crippen molar-refractivity contribution in [2.24, 2.45) is 0 Å². The number of hydrogen-bond donors (Lipinski definition) is 1. The van der Waals surface area contributed by atoms with E-state index < -0.39 is 5.82 Å². The predicted molar refractivity (Wildman–Crippen MR) is 79.1 cm³/mol. The van der Waals surface area contributed by atoms with Crippen LogP contribution in [0.15, 0.2) is 39.5 Å². The van der Waals surface area contributed by atoms with Crippen molar-refractivity contribution in [3.63, 3.8) is 0 Å². The lowest BCUT2D eigenvalue weighted by atomic mass is 10.1. The summed E-state index contributed by atoms with van der Waals surface area (Å²) < 4.78 is 14.3. The van der Waals surface area contributed by atoms with Crippen LogP contribution >= 0.6 is 27.3 Å². The summed E-state index contributed by atoms with van der Waals surface area (Å²) in [6, 6.07) is 6.32. The van der Waals surface area contributed by atoms with E-state index >= 15 is 0 Å². The van der Waals surface area contributed by atoms with Gasteiger partial charge in [-0.05, 0) is 53.9 Å². The molecule has 2 aromatic rings. The molecular formula is C14H13BrFNOS. The van der Waals surface area contributed by atoms with Crippen molar-refractivity contribution >= 4 is 33.2 Å². The molecule has 0 radical (unpaired) electrons. The molecule has 0 saturated heterocycles. The second-order valence-electron chi connectivity index (χ2n) is 4.33. The van der Waals surface area contributed by atoms with Crippen LogP contribution in [0.1, 0.15) is 22.8 Å². The average Bonchev–Trinajstić information content (AvgIpc) is 2.84. The van der Waals surface area contributed by atoms with E-state index in [1.54, 1.807) is 17.4 Å². The summed E-state index contributed by atoms with van der Waals surface area (Å²) in [6.45, 7) is 1.91. The van der Waals surface area contributed by atoms with Gasteiger partial charge in [-0.25, -0.2) is 4.39 Å². The third-order valence-electron chi connectivity index (χ3n) is 2.67. The Labute approximate surface area is 123 Å². The summed E-state index contributed by atoms with van der Waals surface area (Å²) in [5.74, 6) is -0.898. The molecule has 19 heavy (non-hydrogen) atoms. The van der Waals surface area contributed by atoms with Gasteiger partial charge in [0.05, 0.1) is 5.56 Å². The minimum Gasteiger partial charge on any atom is -0.349 e. The van der Waals surface area contributed by atoms with Crippen LogP contribution in [-0.4, -0.2) is 11.9 Å². The number of halogens is 2. The van der Waals surface area contributed by atoms with Gasteiger partial charge in [-0.2, -0.15) is 11.3 Å². The maximum absolute atomic E-state index is 13.6. The number of rotatable bonds is 4. The quantitative estimate of drug-likeness (QED) is 0.894. The number of carbonyl (C=O) groups is 1. The highest BCUT2D eigenvalue weighted by Gasteiger charge is 2.14. The number of nitrogens with one attached hydrogen (secondary N) is 1. The second kappa shape index (κ2) is 6.30. The Balaban J connectivity index is 2.02. The second-order valence-corrected chi connectivity index (χ2v) is 6.03. The predicted octanol–water partition coefficient (Wildman–Crippen LogP) is 4.01. The minimum atomic E-state index is -0.511. The van der Waals surface area contributed by atoms with Gasteiger partial charge in [0.15, 0.2) is 0 Å². The lowest BCUT2D eigenvalue weighted by molar-refractivity contribution is 0.0936. The van der Waals surface area contributed by atoms with Gasteiger partial charge in [-0.15, -0.1) is 0 Å². The molecule has 1 heterocycles. The molecule has 100 valence electrons. The third kappa shape index (κ3) is 3.88. The van der Waals surface area contributed by atoms with E-state index in [2.05, 4.69) is 21.2 Å². The largest absolute Gasteiger partial charge is 0.349 e. The summed E-state index contributed by atoms with van der Waals surface area (Å²) in [7, 11) is 0. The highest BCUT2D eigenvalue weighted by Crippen LogP contribution is 2.16. The normalized spacial score (nSPS) is 12.2. The molecule has 5 heteroatoms. The molecule has 2 nitrogen and oxygen atoms in total. The lowest BCUT2D eigenvalue weighted by Gasteiger charge is -2.13. The Morgan fingerprint density at radius 2 is 2.26 bits per heavy atom. The zero-order valence-electron chi connectivity index (χ0n) is 10.3. The van der Waals surface area contributed by atoms with Crippen LogP contribution in [0.4, 0.5) is 4.39 Å². The van der Waals surface area contributed by atoms with E-state index in [-0.39, 0.29) is 17.5 Å².